The van der Waals surface area contributed by atoms with Crippen LogP contribution in [-0.4, -0.2) is 18.0 Å². The number of carbonyl (C=O) groups excluding carboxylic acids is 1. The number of nitrogens with one attached hydrogen (secondary N) is 1. The first-order chi connectivity index (χ1) is 15.1. The Morgan fingerprint density at radius 3 is 2.19 bits per heavy atom. The van der Waals surface area contributed by atoms with Crippen LogP contribution in [0.3, 0.4) is 0 Å². The van der Waals surface area contributed by atoms with E-state index >= 15 is 0 Å². The fourth-order valence-electron chi connectivity index (χ4n) is 3.84. The lowest BCUT2D eigenvalue weighted by atomic mass is 9.87. The summed E-state index contributed by atoms with van der Waals surface area (Å²) in [6, 6.07) is 23.1. The van der Waals surface area contributed by atoms with Crippen LogP contribution in [0.4, 0.5) is 5.13 Å². The number of amides is 1. The number of hydrogen-bond donors (Lipinski definition) is 1. The highest BCUT2D eigenvalue weighted by atomic mass is 32.1. The Hall–Kier alpha value is -3.64. The second-order valence-electron chi connectivity index (χ2n) is 7.25. The molecule has 0 unspecified atom stereocenters. The molecule has 2 heterocycles. The molecule has 0 bridgehead atoms. The van der Waals surface area contributed by atoms with Gasteiger partial charge in [0.15, 0.2) is 5.13 Å². The molecule has 0 spiro atoms. The third kappa shape index (κ3) is 3.55. The molecule has 0 aliphatic carbocycles. The van der Waals surface area contributed by atoms with Crippen molar-refractivity contribution in [3.8, 4) is 28.5 Å². The lowest BCUT2D eigenvalue weighted by Crippen LogP contribution is -2.25. The molecule has 0 saturated heterocycles. The average Bonchev–Trinajstić information content (AvgIpc) is 3.17. The average molecular weight is 429 g/mol. The van der Waals surface area contributed by atoms with Crippen LogP contribution < -0.4 is 14.8 Å². The number of hydrogen-bond acceptors (Lipinski definition) is 5. The first kappa shape index (κ1) is 19.3. The number of rotatable bonds is 4. The van der Waals surface area contributed by atoms with Crippen molar-refractivity contribution in [2.45, 2.75) is 12.8 Å². The normalized spacial score (nSPS) is 12.5. The van der Waals surface area contributed by atoms with E-state index in [9.17, 15) is 4.79 Å². The van der Waals surface area contributed by atoms with E-state index in [1.807, 2.05) is 79.7 Å². The van der Waals surface area contributed by atoms with Crippen molar-refractivity contribution < 1.29 is 14.3 Å². The summed E-state index contributed by atoms with van der Waals surface area (Å²) in [6.45, 7) is 2.01. The number of methoxy groups -OCH3 is 1. The maximum Gasteiger partial charge on any atom is 0.238 e. The van der Waals surface area contributed by atoms with Gasteiger partial charge in [0.25, 0.3) is 0 Å². The maximum absolute atomic E-state index is 13.4. The zero-order chi connectivity index (χ0) is 21.4. The van der Waals surface area contributed by atoms with Gasteiger partial charge in [0, 0.05) is 21.6 Å². The van der Waals surface area contributed by atoms with Crippen molar-refractivity contribution >= 4 is 22.4 Å². The monoisotopic (exact) mass is 428 g/mol. The quantitative estimate of drug-likeness (QED) is 0.433. The van der Waals surface area contributed by atoms with Gasteiger partial charge in [-0.05, 0) is 43.3 Å². The van der Waals surface area contributed by atoms with E-state index in [1.54, 1.807) is 7.11 Å². The molecule has 3 aromatic carbocycles. The fraction of sp³-hybridized carbons (Fsp3) is 0.120. The van der Waals surface area contributed by atoms with Crippen LogP contribution in [0.15, 0.2) is 72.8 Å². The molecule has 0 fully saturated rings. The first-order valence-electron chi connectivity index (χ1n) is 9.92. The van der Waals surface area contributed by atoms with Gasteiger partial charge in [-0.2, -0.15) is 0 Å². The Bertz CT molecular complexity index is 1220. The van der Waals surface area contributed by atoms with Crippen LogP contribution in [0.1, 0.15) is 21.9 Å². The third-order valence-electron chi connectivity index (χ3n) is 5.33. The lowest BCUT2D eigenvalue weighted by molar-refractivity contribution is -0.116. The molecule has 1 N–H and O–H groups in total. The number of aryl methyl sites for hydroxylation is 1. The van der Waals surface area contributed by atoms with E-state index in [-0.39, 0.29) is 5.91 Å². The molecule has 0 saturated carbocycles. The summed E-state index contributed by atoms with van der Waals surface area (Å²) in [7, 11) is 1.64. The molecule has 1 amide bonds. The molecule has 31 heavy (non-hydrogen) atoms. The Morgan fingerprint density at radius 1 is 0.968 bits per heavy atom. The van der Waals surface area contributed by atoms with E-state index in [0.717, 1.165) is 33.0 Å². The summed E-state index contributed by atoms with van der Waals surface area (Å²) in [5.74, 6) is 1.61. The van der Waals surface area contributed by atoms with Gasteiger partial charge in [0.2, 0.25) is 5.91 Å². The molecule has 0 atom stereocenters. The summed E-state index contributed by atoms with van der Waals surface area (Å²) < 4.78 is 11.2. The number of benzene rings is 3. The Kier molecular flexibility index (Phi) is 4.92. The van der Waals surface area contributed by atoms with Gasteiger partial charge in [0.05, 0.1) is 18.7 Å². The molecular weight excluding hydrogens is 408 g/mol. The van der Waals surface area contributed by atoms with E-state index in [2.05, 4.69) is 5.32 Å². The van der Waals surface area contributed by atoms with Gasteiger partial charge in [-0.25, -0.2) is 4.98 Å². The van der Waals surface area contributed by atoms with Crippen LogP contribution in [-0.2, 0) is 4.79 Å². The van der Waals surface area contributed by atoms with Crippen molar-refractivity contribution in [3.63, 3.8) is 0 Å². The lowest BCUT2D eigenvalue weighted by Gasteiger charge is -2.27. The molecule has 5 rings (SSSR count). The van der Waals surface area contributed by atoms with Crippen LogP contribution in [0, 0.1) is 6.92 Å². The van der Waals surface area contributed by atoms with E-state index in [1.165, 1.54) is 11.3 Å². The van der Waals surface area contributed by atoms with E-state index in [4.69, 9.17) is 14.5 Å². The minimum atomic E-state index is -0.463. The van der Waals surface area contributed by atoms with Gasteiger partial charge < -0.3 is 14.8 Å². The second kappa shape index (κ2) is 7.89. The van der Waals surface area contributed by atoms with Gasteiger partial charge in [-0.15, -0.1) is 11.3 Å². The van der Waals surface area contributed by atoms with Crippen molar-refractivity contribution in [2.24, 2.45) is 0 Å². The molecule has 1 aliphatic heterocycles. The zero-order valence-corrected chi connectivity index (χ0v) is 17.9. The summed E-state index contributed by atoms with van der Waals surface area (Å²) >= 11 is 1.47. The zero-order valence-electron chi connectivity index (χ0n) is 17.1. The van der Waals surface area contributed by atoms with E-state index < -0.39 is 5.92 Å². The molecular formula is C25H20N2O3S. The minimum Gasteiger partial charge on any atom is -0.497 e. The third-order valence-corrected chi connectivity index (χ3v) is 6.22. The van der Waals surface area contributed by atoms with Crippen LogP contribution in [0.2, 0.25) is 0 Å². The number of nitrogens with zero attached hydrogens (tertiary/aromatic N) is 1. The Labute approximate surface area is 184 Å². The Morgan fingerprint density at radius 2 is 1.58 bits per heavy atom. The number of thiazole rings is 1. The maximum atomic E-state index is 13.4. The number of carbonyl (C=O) groups is 1. The highest BCUT2D eigenvalue weighted by Crippen LogP contribution is 2.44. The topological polar surface area (TPSA) is 60.5 Å². The molecule has 1 aliphatic rings. The number of para-hydroxylation sites is 2. The SMILES string of the molecule is COc1ccc(-c2nc(NC(=O)C3c4ccccc4Oc4ccccc43)sc2C)cc1. The number of anilines is 1. The van der Waals surface area contributed by atoms with Gasteiger partial charge in [-0.3, -0.25) is 4.79 Å². The summed E-state index contributed by atoms with van der Waals surface area (Å²) in [6.07, 6.45) is 0. The highest BCUT2D eigenvalue weighted by Gasteiger charge is 2.32. The number of aromatic nitrogens is 1. The molecule has 154 valence electrons. The standard InChI is InChI=1S/C25H20N2O3S/c1-15-23(16-11-13-17(29-2)14-12-16)26-25(31-15)27-24(28)22-18-7-3-5-9-20(18)30-21-10-6-4-8-19(21)22/h3-14,22H,1-2H3,(H,26,27,28). The smallest absolute Gasteiger partial charge is 0.238 e. The Balaban J connectivity index is 1.46. The van der Waals surface area contributed by atoms with Crippen molar-refractivity contribution in [1.29, 1.82) is 0 Å². The number of fused-ring (bicyclic) bond motifs is 2. The molecule has 4 aromatic rings. The fourth-order valence-corrected chi connectivity index (χ4v) is 4.68. The van der Waals surface area contributed by atoms with Crippen LogP contribution >= 0.6 is 11.3 Å². The van der Waals surface area contributed by atoms with Crippen molar-refractivity contribution in [2.75, 3.05) is 12.4 Å². The molecule has 0 radical (unpaired) electrons. The molecule has 5 nitrogen and oxygen atoms in total. The predicted molar refractivity (Wildman–Crippen MR) is 122 cm³/mol. The predicted octanol–water partition coefficient (Wildman–Crippen LogP) is 6.00. The van der Waals surface area contributed by atoms with Crippen molar-refractivity contribution in [3.05, 3.63) is 88.8 Å². The first-order valence-corrected chi connectivity index (χ1v) is 10.7. The minimum absolute atomic E-state index is 0.127. The number of ether oxygens (including phenoxy) is 2. The van der Waals surface area contributed by atoms with Gasteiger partial charge in [0.1, 0.15) is 17.2 Å². The molecule has 6 heteroatoms. The van der Waals surface area contributed by atoms with E-state index in [0.29, 0.717) is 16.6 Å². The molecule has 1 aromatic heterocycles. The van der Waals surface area contributed by atoms with Crippen LogP contribution in [0.25, 0.3) is 11.3 Å². The van der Waals surface area contributed by atoms with Crippen molar-refractivity contribution in [1.82, 2.24) is 4.98 Å². The largest absolute Gasteiger partial charge is 0.497 e. The summed E-state index contributed by atoms with van der Waals surface area (Å²) in [5.41, 5.74) is 3.54. The summed E-state index contributed by atoms with van der Waals surface area (Å²) in [5, 5.41) is 3.61. The highest BCUT2D eigenvalue weighted by molar-refractivity contribution is 7.16. The second-order valence-corrected chi connectivity index (χ2v) is 8.46. The van der Waals surface area contributed by atoms with Gasteiger partial charge in [-0.1, -0.05) is 36.4 Å². The van der Waals surface area contributed by atoms with Crippen LogP contribution in [0.5, 0.6) is 17.2 Å². The summed E-state index contributed by atoms with van der Waals surface area (Å²) in [4.78, 5) is 19.1. The van der Waals surface area contributed by atoms with Gasteiger partial charge >= 0.3 is 0 Å².